The van der Waals surface area contributed by atoms with Crippen LogP contribution in [0.15, 0.2) is 33.7 Å². The van der Waals surface area contributed by atoms with E-state index in [1.807, 2.05) is 5.10 Å². The van der Waals surface area contributed by atoms with Crippen LogP contribution in [0.25, 0.3) is 17.2 Å². The van der Waals surface area contributed by atoms with Crippen LogP contribution >= 0.6 is 0 Å². The monoisotopic (exact) mass is 270 g/mol. The second kappa shape index (κ2) is 3.70. The van der Waals surface area contributed by atoms with Crippen molar-refractivity contribution in [2.75, 3.05) is 0 Å². The second-order valence-electron chi connectivity index (χ2n) is 3.66. The van der Waals surface area contributed by atoms with E-state index in [0.717, 1.165) is 6.07 Å². The molecule has 98 valence electrons. The van der Waals surface area contributed by atoms with Crippen molar-refractivity contribution >= 4 is 5.78 Å². The molecule has 0 radical (unpaired) electrons. The normalized spacial score (nSPS) is 12.2. The Morgan fingerprint density at radius 2 is 2.11 bits per heavy atom. The van der Waals surface area contributed by atoms with Crippen LogP contribution in [-0.2, 0) is 6.18 Å². The van der Waals surface area contributed by atoms with E-state index in [1.54, 1.807) is 6.07 Å². The van der Waals surface area contributed by atoms with Crippen LogP contribution in [0.3, 0.4) is 0 Å². The van der Waals surface area contributed by atoms with Crippen molar-refractivity contribution in [2.45, 2.75) is 6.18 Å². The van der Waals surface area contributed by atoms with Gasteiger partial charge in [-0.3, -0.25) is 9.89 Å². The SMILES string of the molecule is O=c1cc(-c2ccco2)nc2nc(C(F)(F)F)[nH]n12. The fourth-order valence-electron chi connectivity index (χ4n) is 1.56. The molecule has 0 saturated heterocycles. The molecule has 0 spiro atoms. The number of hydrogen-bond acceptors (Lipinski definition) is 4. The van der Waals surface area contributed by atoms with Gasteiger partial charge in [-0.25, -0.2) is 4.98 Å². The van der Waals surface area contributed by atoms with Crippen LogP contribution in [0.5, 0.6) is 0 Å². The molecule has 3 rings (SSSR count). The van der Waals surface area contributed by atoms with E-state index in [-0.39, 0.29) is 17.2 Å². The van der Waals surface area contributed by atoms with Crippen LogP contribution in [0.2, 0.25) is 0 Å². The number of fused-ring (bicyclic) bond motifs is 1. The maximum absolute atomic E-state index is 12.5. The molecule has 0 bridgehead atoms. The van der Waals surface area contributed by atoms with Crippen molar-refractivity contribution in [3.05, 3.63) is 40.6 Å². The first-order chi connectivity index (χ1) is 8.95. The van der Waals surface area contributed by atoms with Gasteiger partial charge in [-0.1, -0.05) is 0 Å². The van der Waals surface area contributed by atoms with E-state index in [4.69, 9.17) is 4.42 Å². The third-order valence-corrected chi connectivity index (χ3v) is 2.37. The number of halogens is 3. The Balaban J connectivity index is 2.24. The summed E-state index contributed by atoms with van der Waals surface area (Å²) in [6.07, 6.45) is -3.31. The van der Waals surface area contributed by atoms with Crippen LogP contribution in [0, 0.1) is 0 Å². The van der Waals surface area contributed by atoms with Gasteiger partial charge < -0.3 is 4.42 Å². The molecule has 1 N–H and O–H groups in total. The molecule has 0 aliphatic carbocycles. The Kier molecular flexibility index (Phi) is 2.24. The van der Waals surface area contributed by atoms with Gasteiger partial charge in [0.15, 0.2) is 5.76 Å². The average Bonchev–Trinajstić information content (AvgIpc) is 2.96. The van der Waals surface area contributed by atoms with Gasteiger partial charge in [0.05, 0.1) is 6.26 Å². The van der Waals surface area contributed by atoms with Gasteiger partial charge >= 0.3 is 6.18 Å². The second-order valence-corrected chi connectivity index (χ2v) is 3.66. The van der Waals surface area contributed by atoms with Gasteiger partial charge in [0.2, 0.25) is 5.82 Å². The van der Waals surface area contributed by atoms with Gasteiger partial charge in [-0.2, -0.15) is 22.7 Å². The fourth-order valence-corrected chi connectivity index (χ4v) is 1.56. The van der Waals surface area contributed by atoms with Crippen molar-refractivity contribution in [2.24, 2.45) is 0 Å². The number of H-pyrrole nitrogens is 1. The van der Waals surface area contributed by atoms with E-state index in [9.17, 15) is 18.0 Å². The van der Waals surface area contributed by atoms with Gasteiger partial charge in [-0.05, 0) is 12.1 Å². The van der Waals surface area contributed by atoms with Crippen molar-refractivity contribution in [1.29, 1.82) is 0 Å². The minimum atomic E-state index is -4.68. The number of aromatic nitrogens is 4. The summed E-state index contributed by atoms with van der Waals surface area (Å²) in [6.45, 7) is 0. The minimum absolute atomic E-state index is 0.121. The van der Waals surface area contributed by atoms with E-state index >= 15 is 0 Å². The standard InChI is InChI=1S/C10H5F3N4O2/c11-10(12,13)8-15-9-14-5(6-2-1-3-19-6)4-7(18)17(9)16-8/h1-4H,(H,14,15,16). The summed E-state index contributed by atoms with van der Waals surface area (Å²) in [5, 5.41) is 1.85. The molecule has 3 aromatic heterocycles. The number of aromatic amines is 1. The molecule has 0 saturated carbocycles. The van der Waals surface area contributed by atoms with Crippen molar-refractivity contribution < 1.29 is 17.6 Å². The molecular formula is C10H5F3N4O2. The third kappa shape index (κ3) is 1.88. The largest absolute Gasteiger partial charge is 0.463 e. The summed E-state index contributed by atoms with van der Waals surface area (Å²) in [5.41, 5.74) is -0.588. The molecule has 3 aromatic rings. The zero-order chi connectivity index (χ0) is 13.6. The number of nitrogens with one attached hydrogen (secondary N) is 1. The summed E-state index contributed by atoms with van der Waals surface area (Å²) in [7, 11) is 0. The highest BCUT2D eigenvalue weighted by Crippen LogP contribution is 2.26. The first kappa shape index (κ1) is 11.5. The lowest BCUT2D eigenvalue weighted by Crippen LogP contribution is -2.15. The summed E-state index contributed by atoms with van der Waals surface area (Å²) in [6, 6.07) is 4.17. The van der Waals surface area contributed by atoms with Gasteiger partial charge in [0.25, 0.3) is 11.3 Å². The number of nitrogens with zero attached hydrogens (tertiary/aromatic N) is 3. The lowest BCUT2D eigenvalue weighted by molar-refractivity contribution is -0.144. The highest BCUT2D eigenvalue weighted by atomic mass is 19.4. The molecule has 0 aliphatic heterocycles. The topological polar surface area (TPSA) is 76.2 Å². The molecule has 6 nitrogen and oxygen atoms in total. The number of alkyl halides is 3. The van der Waals surface area contributed by atoms with Crippen molar-refractivity contribution in [3.63, 3.8) is 0 Å². The zero-order valence-corrected chi connectivity index (χ0v) is 9.10. The first-order valence-electron chi connectivity index (χ1n) is 5.06. The Hall–Kier alpha value is -2.58. The summed E-state index contributed by atoms with van der Waals surface area (Å²) >= 11 is 0. The molecule has 9 heteroatoms. The number of furan rings is 1. The Bertz CT molecular complexity index is 785. The Labute approximate surface area is 102 Å². The van der Waals surface area contributed by atoms with Crippen molar-refractivity contribution in [3.8, 4) is 11.5 Å². The maximum Gasteiger partial charge on any atom is 0.451 e. The lowest BCUT2D eigenvalue weighted by atomic mass is 10.3. The van der Waals surface area contributed by atoms with E-state index < -0.39 is 17.6 Å². The van der Waals surface area contributed by atoms with E-state index in [0.29, 0.717) is 4.52 Å². The van der Waals surface area contributed by atoms with Crippen LogP contribution in [0.4, 0.5) is 13.2 Å². The summed E-state index contributed by atoms with van der Waals surface area (Å²) in [5.74, 6) is -1.38. The highest BCUT2D eigenvalue weighted by molar-refractivity contribution is 5.53. The first-order valence-corrected chi connectivity index (χ1v) is 5.06. The highest BCUT2D eigenvalue weighted by Gasteiger charge is 2.35. The molecule has 0 atom stereocenters. The van der Waals surface area contributed by atoms with Crippen LogP contribution in [0.1, 0.15) is 5.82 Å². The molecule has 0 aliphatic rings. The average molecular weight is 270 g/mol. The van der Waals surface area contributed by atoms with Crippen molar-refractivity contribution in [1.82, 2.24) is 19.6 Å². The third-order valence-electron chi connectivity index (χ3n) is 2.37. The molecule has 0 aromatic carbocycles. The Morgan fingerprint density at radius 1 is 1.32 bits per heavy atom. The van der Waals surface area contributed by atoms with Crippen LogP contribution in [-0.4, -0.2) is 19.6 Å². The fraction of sp³-hybridized carbons (Fsp3) is 0.100. The smallest absolute Gasteiger partial charge is 0.451 e. The lowest BCUT2D eigenvalue weighted by Gasteiger charge is -1.98. The van der Waals surface area contributed by atoms with E-state index in [1.165, 1.54) is 12.3 Å². The maximum atomic E-state index is 12.5. The molecule has 3 heterocycles. The zero-order valence-electron chi connectivity index (χ0n) is 9.10. The minimum Gasteiger partial charge on any atom is -0.463 e. The predicted molar refractivity (Wildman–Crippen MR) is 56.3 cm³/mol. The van der Waals surface area contributed by atoms with Gasteiger partial charge in [0.1, 0.15) is 5.69 Å². The van der Waals surface area contributed by atoms with Gasteiger partial charge in [-0.15, -0.1) is 0 Å². The molecule has 0 amide bonds. The number of rotatable bonds is 1. The number of hydrogen-bond donors (Lipinski definition) is 1. The predicted octanol–water partition coefficient (Wildman–Crippen LogP) is 1.70. The Morgan fingerprint density at radius 3 is 2.74 bits per heavy atom. The molecular weight excluding hydrogens is 265 g/mol. The van der Waals surface area contributed by atoms with Gasteiger partial charge in [0, 0.05) is 6.07 Å². The molecule has 0 fully saturated rings. The molecule has 19 heavy (non-hydrogen) atoms. The quantitative estimate of drug-likeness (QED) is 0.730. The summed E-state index contributed by atoms with van der Waals surface area (Å²) < 4.78 is 43.1. The van der Waals surface area contributed by atoms with Crippen LogP contribution < -0.4 is 5.56 Å². The summed E-state index contributed by atoms with van der Waals surface area (Å²) in [4.78, 5) is 18.8. The van der Waals surface area contributed by atoms with E-state index in [2.05, 4.69) is 9.97 Å². The molecule has 0 unspecified atom stereocenters.